The van der Waals surface area contributed by atoms with Gasteiger partial charge in [0.15, 0.2) is 5.82 Å². The molecule has 1 aliphatic heterocycles. The highest BCUT2D eigenvalue weighted by Gasteiger charge is 2.28. The Morgan fingerprint density at radius 3 is 2.80 bits per heavy atom. The van der Waals surface area contributed by atoms with Gasteiger partial charge in [0, 0.05) is 25.1 Å². The molecule has 1 aliphatic rings. The fourth-order valence-corrected chi connectivity index (χ4v) is 3.21. The molecular weight excluding hydrogens is 318 g/mol. The van der Waals surface area contributed by atoms with Crippen molar-refractivity contribution >= 4 is 0 Å². The first-order chi connectivity index (χ1) is 12.3. The van der Waals surface area contributed by atoms with Gasteiger partial charge in [0.25, 0.3) is 0 Å². The van der Waals surface area contributed by atoms with Crippen LogP contribution in [0.2, 0.25) is 0 Å². The van der Waals surface area contributed by atoms with Gasteiger partial charge < -0.3 is 4.74 Å². The molecule has 1 aromatic carbocycles. The van der Waals surface area contributed by atoms with E-state index in [-0.39, 0.29) is 6.04 Å². The summed E-state index contributed by atoms with van der Waals surface area (Å²) in [5.74, 6) is 1.45. The number of hydrogen-bond acceptors (Lipinski definition) is 7. The van der Waals surface area contributed by atoms with E-state index < -0.39 is 0 Å². The number of para-hydroxylation sites is 1. The van der Waals surface area contributed by atoms with E-state index in [2.05, 4.69) is 37.3 Å². The number of methoxy groups -OCH3 is 1. The van der Waals surface area contributed by atoms with Gasteiger partial charge in [0.05, 0.1) is 24.5 Å². The molecule has 25 heavy (non-hydrogen) atoms. The number of aromatic nitrogens is 6. The van der Waals surface area contributed by atoms with Crippen LogP contribution in [0.25, 0.3) is 5.69 Å². The van der Waals surface area contributed by atoms with Crippen molar-refractivity contribution in [3.63, 3.8) is 0 Å². The van der Waals surface area contributed by atoms with E-state index in [1.165, 1.54) is 0 Å². The minimum atomic E-state index is 0.0493. The Hall–Kier alpha value is -2.87. The highest BCUT2D eigenvalue weighted by Crippen LogP contribution is 2.29. The molecule has 2 aromatic heterocycles. The second-order valence-corrected chi connectivity index (χ2v) is 5.99. The van der Waals surface area contributed by atoms with Gasteiger partial charge in [-0.2, -0.15) is 4.68 Å². The van der Waals surface area contributed by atoms with Crippen LogP contribution in [-0.2, 0) is 13.0 Å². The molecule has 0 unspecified atom stereocenters. The van der Waals surface area contributed by atoms with Gasteiger partial charge in [0.1, 0.15) is 6.33 Å². The van der Waals surface area contributed by atoms with E-state index in [1.54, 1.807) is 18.1 Å². The van der Waals surface area contributed by atoms with Crippen molar-refractivity contribution in [2.75, 3.05) is 13.7 Å². The van der Waals surface area contributed by atoms with Crippen LogP contribution in [0.4, 0.5) is 0 Å². The normalized spacial score (nSPS) is 15.6. The van der Waals surface area contributed by atoms with Crippen LogP contribution >= 0.6 is 0 Å². The van der Waals surface area contributed by atoms with Gasteiger partial charge in [-0.25, -0.2) is 9.97 Å². The predicted octanol–water partition coefficient (Wildman–Crippen LogP) is 1.58. The summed E-state index contributed by atoms with van der Waals surface area (Å²) < 4.78 is 7.19. The number of ether oxygens (including phenoxy) is 1. The lowest BCUT2D eigenvalue weighted by Gasteiger charge is -2.32. The van der Waals surface area contributed by atoms with E-state index in [9.17, 15) is 0 Å². The number of fused-ring (bicyclic) bond motifs is 1. The quantitative estimate of drug-likeness (QED) is 0.715. The summed E-state index contributed by atoms with van der Waals surface area (Å²) in [6, 6.07) is 9.97. The van der Waals surface area contributed by atoms with Crippen LogP contribution < -0.4 is 4.74 Å². The van der Waals surface area contributed by atoms with E-state index in [0.29, 0.717) is 12.4 Å². The Labute approximate surface area is 145 Å². The summed E-state index contributed by atoms with van der Waals surface area (Å²) in [6.07, 6.45) is 2.41. The molecule has 0 amide bonds. The molecule has 8 heteroatoms. The molecule has 3 heterocycles. The lowest BCUT2D eigenvalue weighted by Crippen LogP contribution is -2.35. The van der Waals surface area contributed by atoms with Crippen LogP contribution in [0.5, 0.6) is 5.88 Å². The minimum Gasteiger partial charge on any atom is -0.481 e. The van der Waals surface area contributed by atoms with Gasteiger partial charge in [-0.05, 0) is 29.5 Å². The molecular formula is C17H19N7O. The van der Waals surface area contributed by atoms with Crippen molar-refractivity contribution < 1.29 is 4.74 Å². The molecule has 0 bridgehead atoms. The first kappa shape index (κ1) is 15.6. The molecule has 128 valence electrons. The molecule has 8 nitrogen and oxygen atoms in total. The predicted molar refractivity (Wildman–Crippen MR) is 90.3 cm³/mol. The molecule has 0 radical (unpaired) electrons. The SMILES string of the molecule is COc1ncnc2c1CN([C@@H](C)c1nnnn1-c1ccccc1)CC2. The van der Waals surface area contributed by atoms with Crippen molar-refractivity contribution in [1.29, 1.82) is 0 Å². The maximum Gasteiger partial charge on any atom is 0.220 e. The zero-order valence-corrected chi connectivity index (χ0v) is 14.2. The largest absolute Gasteiger partial charge is 0.481 e. The number of rotatable bonds is 4. The summed E-state index contributed by atoms with van der Waals surface area (Å²) in [7, 11) is 1.64. The van der Waals surface area contributed by atoms with Crippen molar-refractivity contribution in [3.05, 3.63) is 53.7 Å². The first-order valence-corrected chi connectivity index (χ1v) is 8.22. The summed E-state index contributed by atoms with van der Waals surface area (Å²) >= 11 is 0. The smallest absolute Gasteiger partial charge is 0.220 e. The molecule has 4 rings (SSSR count). The fourth-order valence-electron chi connectivity index (χ4n) is 3.21. The topological polar surface area (TPSA) is 81.8 Å². The molecule has 0 N–H and O–H groups in total. The third-order valence-corrected chi connectivity index (χ3v) is 4.60. The molecule has 0 aliphatic carbocycles. The summed E-state index contributed by atoms with van der Waals surface area (Å²) in [6.45, 7) is 3.71. The van der Waals surface area contributed by atoms with Crippen LogP contribution in [0.1, 0.15) is 30.0 Å². The van der Waals surface area contributed by atoms with Crippen molar-refractivity contribution in [2.45, 2.75) is 25.9 Å². The molecule has 0 saturated heterocycles. The van der Waals surface area contributed by atoms with Crippen LogP contribution in [0, 0.1) is 0 Å². The Morgan fingerprint density at radius 2 is 2.00 bits per heavy atom. The summed E-state index contributed by atoms with van der Waals surface area (Å²) in [4.78, 5) is 10.9. The maximum absolute atomic E-state index is 5.40. The third-order valence-electron chi connectivity index (χ3n) is 4.60. The zero-order valence-electron chi connectivity index (χ0n) is 14.2. The summed E-state index contributed by atoms with van der Waals surface area (Å²) in [5, 5.41) is 12.3. The van der Waals surface area contributed by atoms with Crippen molar-refractivity contribution in [2.24, 2.45) is 0 Å². The van der Waals surface area contributed by atoms with Crippen LogP contribution in [0.15, 0.2) is 36.7 Å². The van der Waals surface area contributed by atoms with Crippen molar-refractivity contribution in [1.82, 2.24) is 35.1 Å². The number of tetrazole rings is 1. The Kier molecular flexibility index (Phi) is 4.10. The fraction of sp³-hybridized carbons (Fsp3) is 0.353. The van der Waals surface area contributed by atoms with E-state index in [0.717, 1.165) is 35.7 Å². The highest BCUT2D eigenvalue weighted by atomic mass is 16.5. The molecule has 0 spiro atoms. The second-order valence-electron chi connectivity index (χ2n) is 5.99. The molecule has 1 atom stereocenters. The molecule has 3 aromatic rings. The lowest BCUT2D eigenvalue weighted by atomic mass is 10.0. The van der Waals surface area contributed by atoms with Gasteiger partial charge in [-0.1, -0.05) is 18.2 Å². The Balaban J connectivity index is 1.63. The van der Waals surface area contributed by atoms with Crippen LogP contribution in [0.3, 0.4) is 0 Å². The van der Waals surface area contributed by atoms with E-state index in [1.807, 2.05) is 30.3 Å². The Morgan fingerprint density at radius 1 is 1.16 bits per heavy atom. The van der Waals surface area contributed by atoms with E-state index in [4.69, 9.17) is 4.74 Å². The summed E-state index contributed by atoms with van der Waals surface area (Å²) in [5.41, 5.74) is 3.05. The van der Waals surface area contributed by atoms with Crippen molar-refractivity contribution in [3.8, 4) is 11.6 Å². The lowest BCUT2D eigenvalue weighted by molar-refractivity contribution is 0.177. The van der Waals surface area contributed by atoms with E-state index >= 15 is 0 Å². The average Bonchev–Trinajstić information content (AvgIpc) is 3.17. The van der Waals surface area contributed by atoms with Gasteiger partial charge >= 0.3 is 0 Å². The van der Waals surface area contributed by atoms with Crippen LogP contribution in [-0.4, -0.2) is 48.7 Å². The number of nitrogens with zero attached hydrogens (tertiary/aromatic N) is 7. The molecule has 0 saturated carbocycles. The number of hydrogen-bond donors (Lipinski definition) is 0. The average molecular weight is 337 g/mol. The Bertz CT molecular complexity index is 850. The minimum absolute atomic E-state index is 0.0493. The number of benzene rings is 1. The molecule has 0 fully saturated rings. The van der Waals surface area contributed by atoms with Gasteiger partial charge in [0.2, 0.25) is 5.88 Å². The maximum atomic E-state index is 5.40. The second kappa shape index (κ2) is 6.56. The van der Waals surface area contributed by atoms with Gasteiger partial charge in [-0.15, -0.1) is 5.10 Å². The van der Waals surface area contributed by atoms with Gasteiger partial charge in [-0.3, -0.25) is 4.90 Å². The first-order valence-electron chi connectivity index (χ1n) is 8.22. The third kappa shape index (κ3) is 2.85. The monoisotopic (exact) mass is 337 g/mol. The standard InChI is InChI=1S/C17H19N7O/c1-12(16-20-21-22-24(16)13-6-4-3-5-7-13)23-9-8-15-14(10-23)17(25-2)19-11-18-15/h3-7,11-12H,8-10H2,1-2H3/t12-/m0/s1. The zero-order chi connectivity index (χ0) is 17.2. The highest BCUT2D eigenvalue weighted by molar-refractivity contribution is 5.33.